The van der Waals surface area contributed by atoms with Gasteiger partial charge in [-0.25, -0.2) is 0 Å². The first-order valence-corrected chi connectivity index (χ1v) is 9.44. The summed E-state index contributed by atoms with van der Waals surface area (Å²) in [5.74, 6) is 1.12. The van der Waals surface area contributed by atoms with Crippen molar-refractivity contribution in [3.05, 3.63) is 30.2 Å². The number of aromatic nitrogens is 2. The summed E-state index contributed by atoms with van der Waals surface area (Å²) in [5, 5.41) is 4.40. The number of nitrogens with one attached hydrogen (secondary N) is 1. The quantitative estimate of drug-likeness (QED) is 0.909. The lowest BCUT2D eigenvalue weighted by Crippen LogP contribution is -2.47. The van der Waals surface area contributed by atoms with Crippen molar-refractivity contribution >= 4 is 22.5 Å². The lowest BCUT2D eigenvalue weighted by Gasteiger charge is -2.36. The molecule has 0 unspecified atom stereocenters. The van der Waals surface area contributed by atoms with Crippen LogP contribution < -0.4 is 10.2 Å². The van der Waals surface area contributed by atoms with Gasteiger partial charge in [-0.2, -0.15) is 0 Å². The third-order valence-electron chi connectivity index (χ3n) is 5.72. The van der Waals surface area contributed by atoms with Crippen LogP contribution in [0.1, 0.15) is 19.0 Å². The molecule has 2 aromatic rings. The molecule has 6 nitrogen and oxygen atoms in total. The number of hydrogen-bond acceptors (Lipinski definition) is 5. The van der Waals surface area contributed by atoms with Crippen LogP contribution in [0.5, 0.6) is 0 Å². The normalized spacial score (nSPS) is 24.0. The van der Waals surface area contributed by atoms with Gasteiger partial charge in [-0.15, -0.1) is 0 Å². The van der Waals surface area contributed by atoms with E-state index in [0.29, 0.717) is 18.3 Å². The summed E-state index contributed by atoms with van der Waals surface area (Å²) in [6.07, 6.45) is 4.40. The summed E-state index contributed by atoms with van der Waals surface area (Å²) in [6, 6.07) is 4.27. The summed E-state index contributed by atoms with van der Waals surface area (Å²) in [5.41, 5.74) is 3.02. The van der Waals surface area contributed by atoms with E-state index in [-0.39, 0.29) is 11.9 Å². The minimum Gasteiger partial charge on any atom is -0.367 e. The number of pyridine rings is 2. The van der Waals surface area contributed by atoms with Crippen molar-refractivity contribution in [1.29, 1.82) is 0 Å². The van der Waals surface area contributed by atoms with E-state index in [1.807, 2.05) is 25.4 Å². The van der Waals surface area contributed by atoms with E-state index in [0.717, 1.165) is 48.5 Å². The van der Waals surface area contributed by atoms with Gasteiger partial charge < -0.3 is 15.1 Å². The minimum atomic E-state index is 0.188. The first-order chi connectivity index (χ1) is 12.5. The summed E-state index contributed by atoms with van der Waals surface area (Å²) in [4.78, 5) is 26.0. The maximum absolute atomic E-state index is 12.4. The van der Waals surface area contributed by atoms with Gasteiger partial charge in [-0.1, -0.05) is 6.92 Å². The summed E-state index contributed by atoms with van der Waals surface area (Å²) < 4.78 is 0. The third-order valence-corrected chi connectivity index (χ3v) is 5.72. The molecule has 0 bridgehead atoms. The molecule has 2 saturated heterocycles. The fourth-order valence-corrected chi connectivity index (χ4v) is 4.28. The van der Waals surface area contributed by atoms with Crippen LogP contribution in [0, 0.1) is 18.8 Å². The molecule has 2 aliphatic heterocycles. The summed E-state index contributed by atoms with van der Waals surface area (Å²) in [6.45, 7) is 8.02. The van der Waals surface area contributed by atoms with Crippen molar-refractivity contribution in [1.82, 2.24) is 20.2 Å². The molecule has 4 rings (SSSR count). The van der Waals surface area contributed by atoms with Crippen LogP contribution in [0.2, 0.25) is 0 Å². The Morgan fingerprint density at radius 2 is 2.08 bits per heavy atom. The number of hydrogen-bond donors (Lipinski definition) is 1. The highest BCUT2D eigenvalue weighted by atomic mass is 16.1. The van der Waals surface area contributed by atoms with Crippen molar-refractivity contribution in [2.45, 2.75) is 26.3 Å². The zero-order valence-corrected chi connectivity index (χ0v) is 15.8. The van der Waals surface area contributed by atoms with Gasteiger partial charge in [-0.05, 0) is 37.9 Å². The monoisotopic (exact) mass is 353 g/mol. The smallest absolute Gasteiger partial charge is 0.220 e. The standard InChI is InChI=1S/C20H27N5O/c1-13-9-25(12-17(13)23-19(26)7-15-10-24(3)11-15)18-8-22-14(2)20-16(18)5-4-6-21-20/h4-6,8,13,15,17H,7,9-12H2,1-3H3,(H,23,26)/t13-,17+/m1/s1. The number of rotatable bonds is 4. The molecule has 2 fully saturated rings. The van der Waals surface area contributed by atoms with Crippen molar-refractivity contribution in [2.24, 2.45) is 11.8 Å². The van der Waals surface area contributed by atoms with Gasteiger partial charge in [0, 0.05) is 44.2 Å². The molecule has 0 aromatic carbocycles. The molecule has 2 atom stereocenters. The number of nitrogens with zero attached hydrogens (tertiary/aromatic N) is 4. The van der Waals surface area contributed by atoms with E-state index in [1.165, 1.54) is 0 Å². The van der Waals surface area contributed by atoms with Crippen molar-refractivity contribution in [3.63, 3.8) is 0 Å². The second-order valence-electron chi connectivity index (χ2n) is 7.98. The van der Waals surface area contributed by atoms with Crippen LogP contribution in [0.25, 0.3) is 10.9 Å². The number of likely N-dealkylation sites (tertiary alicyclic amines) is 1. The van der Waals surface area contributed by atoms with Gasteiger partial charge in [0.15, 0.2) is 0 Å². The topological polar surface area (TPSA) is 61.4 Å². The summed E-state index contributed by atoms with van der Waals surface area (Å²) >= 11 is 0. The average molecular weight is 353 g/mol. The van der Waals surface area contributed by atoms with Crippen molar-refractivity contribution < 1.29 is 4.79 Å². The first-order valence-electron chi connectivity index (χ1n) is 9.44. The van der Waals surface area contributed by atoms with E-state index in [2.05, 4.69) is 45.1 Å². The average Bonchev–Trinajstić information content (AvgIpc) is 2.94. The molecule has 1 N–H and O–H groups in total. The Hall–Kier alpha value is -2.21. The molecule has 0 radical (unpaired) electrons. The number of fused-ring (bicyclic) bond motifs is 1. The van der Waals surface area contributed by atoms with Crippen LogP contribution >= 0.6 is 0 Å². The van der Waals surface area contributed by atoms with Crippen LogP contribution in [-0.4, -0.2) is 60.0 Å². The SMILES string of the molecule is Cc1ncc(N2C[C@@H](C)[C@@H](NC(=O)CC3CN(C)C3)C2)c2cccnc12. The van der Waals surface area contributed by atoms with E-state index in [9.17, 15) is 4.79 Å². The zero-order valence-electron chi connectivity index (χ0n) is 15.8. The highest BCUT2D eigenvalue weighted by Crippen LogP contribution is 2.30. The Morgan fingerprint density at radius 1 is 1.27 bits per heavy atom. The highest BCUT2D eigenvalue weighted by molar-refractivity contribution is 5.92. The Morgan fingerprint density at radius 3 is 2.85 bits per heavy atom. The van der Waals surface area contributed by atoms with Gasteiger partial charge in [0.1, 0.15) is 0 Å². The molecule has 1 amide bonds. The summed E-state index contributed by atoms with van der Waals surface area (Å²) in [7, 11) is 2.10. The van der Waals surface area contributed by atoms with Gasteiger partial charge in [0.25, 0.3) is 0 Å². The van der Waals surface area contributed by atoms with E-state index < -0.39 is 0 Å². The zero-order chi connectivity index (χ0) is 18.3. The number of anilines is 1. The Bertz CT molecular complexity index is 817. The molecule has 4 heterocycles. The van der Waals surface area contributed by atoms with Crippen molar-refractivity contribution in [2.75, 3.05) is 38.1 Å². The maximum atomic E-state index is 12.4. The van der Waals surface area contributed by atoms with Crippen LogP contribution in [0.4, 0.5) is 5.69 Å². The highest BCUT2D eigenvalue weighted by Gasteiger charge is 2.33. The second kappa shape index (κ2) is 6.83. The third kappa shape index (κ3) is 3.26. The number of carbonyl (C=O) groups is 1. The van der Waals surface area contributed by atoms with Crippen molar-refractivity contribution in [3.8, 4) is 0 Å². The van der Waals surface area contributed by atoms with E-state index in [1.54, 1.807) is 0 Å². The minimum absolute atomic E-state index is 0.188. The number of amides is 1. The molecule has 26 heavy (non-hydrogen) atoms. The molecule has 0 aliphatic carbocycles. The molecular weight excluding hydrogens is 326 g/mol. The van der Waals surface area contributed by atoms with Crippen LogP contribution in [0.15, 0.2) is 24.5 Å². The van der Waals surface area contributed by atoms with Crippen LogP contribution in [0.3, 0.4) is 0 Å². The van der Waals surface area contributed by atoms with E-state index >= 15 is 0 Å². The molecule has 2 aromatic heterocycles. The molecule has 138 valence electrons. The first kappa shape index (κ1) is 17.2. The number of aryl methyl sites for hydroxylation is 1. The number of carbonyl (C=O) groups excluding carboxylic acids is 1. The predicted octanol–water partition coefficient (Wildman–Crippen LogP) is 1.83. The molecule has 0 saturated carbocycles. The molecular formula is C20H27N5O. The molecule has 2 aliphatic rings. The Labute approximate surface area is 154 Å². The largest absolute Gasteiger partial charge is 0.367 e. The lowest BCUT2D eigenvalue weighted by molar-refractivity contribution is -0.124. The van der Waals surface area contributed by atoms with E-state index in [4.69, 9.17) is 0 Å². The van der Waals surface area contributed by atoms with Gasteiger partial charge in [0.05, 0.1) is 29.1 Å². The molecule has 0 spiro atoms. The maximum Gasteiger partial charge on any atom is 0.220 e. The fourth-order valence-electron chi connectivity index (χ4n) is 4.28. The van der Waals surface area contributed by atoms with Gasteiger partial charge >= 0.3 is 0 Å². The van der Waals surface area contributed by atoms with Crippen LogP contribution in [-0.2, 0) is 4.79 Å². The fraction of sp³-hybridized carbons (Fsp3) is 0.550. The second-order valence-corrected chi connectivity index (χ2v) is 7.98. The van der Waals surface area contributed by atoms with Gasteiger partial charge in [-0.3, -0.25) is 14.8 Å². The Kier molecular flexibility index (Phi) is 4.53. The lowest BCUT2D eigenvalue weighted by atomic mass is 9.96. The predicted molar refractivity (Wildman–Crippen MR) is 103 cm³/mol. The Balaban J connectivity index is 1.45. The van der Waals surface area contributed by atoms with Gasteiger partial charge in [0.2, 0.25) is 5.91 Å². The molecule has 6 heteroatoms.